The van der Waals surface area contributed by atoms with Crippen LogP contribution < -0.4 is 0 Å². The maximum absolute atomic E-state index is 13.3. The van der Waals surface area contributed by atoms with Crippen molar-refractivity contribution < 1.29 is 17.6 Å². The molecule has 0 aliphatic rings. The van der Waals surface area contributed by atoms with Crippen LogP contribution in [0.2, 0.25) is 0 Å². The van der Waals surface area contributed by atoms with Crippen molar-refractivity contribution in [3.8, 4) is 0 Å². The lowest BCUT2D eigenvalue weighted by molar-refractivity contribution is -0.192. The van der Waals surface area contributed by atoms with Crippen LogP contribution in [0.25, 0.3) is 0 Å². The third kappa shape index (κ3) is 2.83. The summed E-state index contributed by atoms with van der Waals surface area (Å²) in [4.78, 5) is 0. The van der Waals surface area contributed by atoms with Crippen LogP contribution in [-0.4, -0.2) is 17.8 Å². The molecule has 1 atom stereocenters. The van der Waals surface area contributed by atoms with E-state index in [1.54, 1.807) is 0 Å². The molecule has 0 N–H and O–H groups in total. The van der Waals surface area contributed by atoms with Gasteiger partial charge in [0.15, 0.2) is 3.23 Å². The Balaban J connectivity index is 5.30. The van der Waals surface area contributed by atoms with Gasteiger partial charge in [0.2, 0.25) is 3.79 Å². The lowest BCUT2D eigenvalue weighted by Crippen LogP contribution is -2.54. The number of hydrogen-bond acceptors (Lipinski definition) is 0. The zero-order valence-electron chi connectivity index (χ0n) is 5.78. The second-order valence-electron chi connectivity index (χ2n) is 2.14. The summed E-state index contributed by atoms with van der Waals surface area (Å²) in [6.07, 6.45) is -5.26. The van der Waals surface area contributed by atoms with Gasteiger partial charge in [-0.05, 0) is 15.9 Å². The zero-order valence-corrected chi connectivity index (χ0v) is 12.8. The van der Waals surface area contributed by atoms with Crippen molar-refractivity contribution in [2.75, 3.05) is 0 Å². The lowest BCUT2D eigenvalue weighted by atomic mass is 10.3. The molecule has 0 rings (SSSR count). The molecule has 0 aliphatic carbocycles. The van der Waals surface area contributed by atoms with Crippen molar-refractivity contribution in [2.24, 2.45) is 0 Å². The second-order valence-corrected chi connectivity index (χ2v) is 8.96. The molecule has 0 amide bonds. The first kappa shape index (κ1) is 16.0. The topological polar surface area (TPSA) is 0 Å². The van der Waals surface area contributed by atoms with Crippen LogP contribution >= 0.6 is 82.6 Å². The van der Waals surface area contributed by atoms with Gasteiger partial charge in [-0.2, -0.15) is 13.2 Å². The fourth-order valence-corrected chi connectivity index (χ4v) is 1.84. The number of hydrogen-bond donors (Lipinski definition) is 0. The molecule has 0 saturated heterocycles. The van der Waals surface area contributed by atoms with Crippen molar-refractivity contribution in [1.82, 2.24) is 0 Å². The van der Waals surface area contributed by atoms with Crippen LogP contribution in [0.15, 0.2) is 0 Å². The van der Waals surface area contributed by atoms with E-state index in [0.29, 0.717) is 0 Å². The maximum atomic E-state index is 13.3. The number of rotatable bonds is 1. The normalized spacial score (nSPS) is 19.3. The highest BCUT2D eigenvalue weighted by molar-refractivity contribution is 9.26. The molecule has 0 saturated carbocycles. The van der Waals surface area contributed by atoms with E-state index >= 15 is 0 Å². The van der Waals surface area contributed by atoms with Crippen LogP contribution in [0.3, 0.4) is 0 Å². The minimum Gasteiger partial charge on any atom is -0.218 e. The van der Waals surface area contributed by atoms with Crippen molar-refractivity contribution in [3.05, 3.63) is 0 Å². The van der Waals surface area contributed by atoms with E-state index < -0.39 is 17.8 Å². The average molecular weight is 470 g/mol. The largest absolute Gasteiger partial charge is 0.435 e. The van der Waals surface area contributed by atoms with Crippen molar-refractivity contribution >= 4 is 82.6 Å². The van der Waals surface area contributed by atoms with Gasteiger partial charge in [-0.25, -0.2) is 4.39 Å². The Bertz CT molecular complexity index is 197. The molecular weight excluding hydrogens is 470 g/mol. The fourth-order valence-electron chi connectivity index (χ4n) is 0.356. The lowest BCUT2D eigenvalue weighted by Gasteiger charge is -2.38. The molecule has 0 aromatic heterocycles. The Labute approximate surface area is 117 Å². The first-order chi connectivity index (χ1) is 5.75. The van der Waals surface area contributed by atoms with Crippen molar-refractivity contribution in [3.63, 3.8) is 0 Å². The maximum Gasteiger partial charge on any atom is 0.435 e. The summed E-state index contributed by atoms with van der Waals surface area (Å²) in [6.45, 7) is 0. The third-order valence-corrected chi connectivity index (χ3v) is 7.72. The molecule has 0 fully saturated rings. The van der Waals surface area contributed by atoms with Gasteiger partial charge in [-0.1, -0.05) is 66.7 Å². The minimum atomic E-state index is -5.26. The van der Waals surface area contributed by atoms with Crippen LogP contribution in [0.5, 0.6) is 0 Å². The molecule has 0 aromatic carbocycles. The summed E-state index contributed by atoms with van der Waals surface area (Å²) in [5.74, 6) is 0. The van der Waals surface area contributed by atoms with Crippen molar-refractivity contribution in [1.29, 1.82) is 0 Å². The van der Waals surface area contributed by atoms with Crippen LogP contribution in [0, 0.1) is 0 Å². The second kappa shape index (κ2) is 4.37. The molecule has 1 unspecified atom stereocenters. The quantitative estimate of drug-likeness (QED) is 0.353. The molecule has 10 heteroatoms. The first-order valence-corrected chi connectivity index (χ1v) is 6.15. The van der Waals surface area contributed by atoms with Gasteiger partial charge in [0.25, 0.3) is 4.58 Å². The van der Waals surface area contributed by atoms with E-state index in [9.17, 15) is 17.6 Å². The standard InChI is InChI=1S/C4Br3Cl3F4/c5-1(6,3(8,9)10)2(7,11)4(12,13)14. The molecule has 0 radical (unpaired) electrons. The summed E-state index contributed by atoms with van der Waals surface area (Å²) < 4.78 is 40.8. The van der Waals surface area contributed by atoms with Gasteiger partial charge < -0.3 is 0 Å². The van der Waals surface area contributed by atoms with Gasteiger partial charge in [0, 0.05) is 0 Å². The predicted octanol–water partition coefficient (Wildman–Crippen LogP) is 5.47. The van der Waals surface area contributed by atoms with E-state index in [-0.39, 0.29) is 0 Å². The molecule has 0 heterocycles. The van der Waals surface area contributed by atoms with Gasteiger partial charge in [0.05, 0.1) is 0 Å². The highest BCUT2D eigenvalue weighted by Gasteiger charge is 2.72. The molecule has 14 heavy (non-hydrogen) atoms. The van der Waals surface area contributed by atoms with Gasteiger partial charge in [-0.15, -0.1) is 0 Å². The smallest absolute Gasteiger partial charge is 0.218 e. The highest BCUT2D eigenvalue weighted by atomic mass is 79.9. The Morgan fingerprint density at radius 3 is 1.14 bits per heavy atom. The zero-order chi connectivity index (χ0) is 12.0. The summed E-state index contributed by atoms with van der Waals surface area (Å²) in [6, 6.07) is 0. The van der Waals surface area contributed by atoms with E-state index in [1.165, 1.54) is 0 Å². The van der Waals surface area contributed by atoms with E-state index in [2.05, 4.69) is 31.9 Å². The first-order valence-electron chi connectivity index (χ1n) is 2.64. The van der Waals surface area contributed by atoms with Gasteiger partial charge in [0.1, 0.15) is 0 Å². The SMILES string of the molecule is FC(F)(F)C(F)(Br)C(Br)(Br)C(Cl)(Cl)Cl. The van der Waals surface area contributed by atoms with Gasteiger partial charge in [-0.3, -0.25) is 0 Å². The average Bonchev–Trinajstić information content (AvgIpc) is 1.81. The Morgan fingerprint density at radius 2 is 1.07 bits per heavy atom. The Hall–Kier alpha value is 2.03. The Kier molecular flexibility index (Phi) is 5.00. The van der Waals surface area contributed by atoms with Crippen molar-refractivity contribution in [2.45, 2.75) is 17.8 Å². The molecule has 0 aliphatic heterocycles. The third-order valence-electron chi connectivity index (χ3n) is 1.11. The Morgan fingerprint density at radius 1 is 0.786 bits per heavy atom. The molecule has 0 spiro atoms. The monoisotopic (exact) mass is 466 g/mol. The van der Waals surface area contributed by atoms with E-state index in [0.717, 1.165) is 0 Å². The fraction of sp³-hybridized carbons (Fsp3) is 1.00. The summed E-state index contributed by atoms with van der Waals surface area (Å²) in [5.41, 5.74) is 0. The predicted molar refractivity (Wildman–Crippen MR) is 59.7 cm³/mol. The number of halogens is 10. The number of alkyl halides is 10. The molecular formula is C4Br3Cl3F4. The van der Waals surface area contributed by atoms with E-state index in [1.807, 2.05) is 15.9 Å². The molecule has 0 nitrogen and oxygen atoms in total. The van der Waals surface area contributed by atoms with Crippen LogP contribution in [0.1, 0.15) is 0 Å². The molecule has 0 bridgehead atoms. The molecule has 86 valence electrons. The van der Waals surface area contributed by atoms with Crippen LogP contribution in [-0.2, 0) is 0 Å². The van der Waals surface area contributed by atoms with Crippen LogP contribution in [0.4, 0.5) is 17.6 Å². The highest BCUT2D eigenvalue weighted by Crippen LogP contribution is 2.62. The van der Waals surface area contributed by atoms with E-state index in [4.69, 9.17) is 34.8 Å². The summed E-state index contributed by atoms with van der Waals surface area (Å²) >= 11 is 22.0. The molecule has 0 aromatic rings. The summed E-state index contributed by atoms with van der Waals surface area (Å²) in [5, 5.41) is 0. The van der Waals surface area contributed by atoms with Gasteiger partial charge >= 0.3 is 6.18 Å². The minimum absolute atomic E-state index is 1.82. The summed E-state index contributed by atoms with van der Waals surface area (Å²) in [7, 11) is 0.